The number of alkyl halides is 3. The molecule has 2 unspecified atom stereocenters. The molecule has 1 aromatic carbocycles. The third kappa shape index (κ3) is 5.06. The van der Waals surface area contributed by atoms with Crippen molar-refractivity contribution < 1.29 is 19.1 Å². The first-order valence-electron chi connectivity index (χ1n) is 8.19. The van der Waals surface area contributed by atoms with Gasteiger partial charge in [-0.3, -0.25) is 4.79 Å². The van der Waals surface area contributed by atoms with Crippen molar-refractivity contribution in [3.8, 4) is 0 Å². The molecule has 0 saturated carbocycles. The number of carbonyl (C=O) groups is 2. The van der Waals surface area contributed by atoms with E-state index in [0.717, 1.165) is 5.56 Å². The number of rotatable bonds is 5. The van der Waals surface area contributed by atoms with Gasteiger partial charge in [-0.25, -0.2) is 4.79 Å². The Labute approximate surface area is 167 Å². The van der Waals surface area contributed by atoms with Crippen LogP contribution in [0.5, 0.6) is 0 Å². The standard InChI is InChI=1S/C18H20Cl3NO4/c1-2-25-15(23)17(13-8-4-3-5-9-13)11-7-6-10-14(17)22-16(24)26-12-18(19,20)21/h3-6,8-10,14H,2,7,11-12H2,1H3,(H,22,24). The first-order valence-corrected chi connectivity index (χ1v) is 9.32. The van der Waals surface area contributed by atoms with Gasteiger partial charge in [0.15, 0.2) is 0 Å². The first-order chi connectivity index (χ1) is 12.3. The molecular formula is C18H20Cl3NO4. The summed E-state index contributed by atoms with van der Waals surface area (Å²) in [6, 6.07) is 8.58. The zero-order valence-corrected chi connectivity index (χ0v) is 16.5. The number of hydrogen-bond acceptors (Lipinski definition) is 4. The van der Waals surface area contributed by atoms with Crippen LogP contribution in [0.3, 0.4) is 0 Å². The molecule has 1 aliphatic carbocycles. The Morgan fingerprint density at radius 1 is 1.23 bits per heavy atom. The van der Waals surface area contributed by atoms with Crippen LogP contribution in [0.15, 0.2) is 42.5 Å². The first kappa shape index (κ1) is 20.9. The van der Waals surface area contributed by atoms with Crippen LogP contribution in [0, 0.1) is 0 Å². The predicted molar refractivity (Wildman–Crippen MR) is 102 cm³/mol. The van der Waals surface area contributed by atoms with Crippen molar-refractivity contribution in [1.82, 2.24) is 5.32 Å². The van der Waals surface area contributed by atoms with Gasteiger partial charge in [0.1, 0.15) is 12.0 Å². The molecule has 142 valence electrons. The van der Waals surface area contributed by atoms with Gasteiger partial charge in [-0.15, -0.1) is 0 Å². The van der Waals surface area contributed by atoms with Gasteiger partial charge in [0, 0.05) is 0 Å². The smallest absolute Gasteiger partial charge is 0.407 e. The topological polar surface area (TPSA) is 64.6 Å². The Hall–Kier alpha value is -1.43. The normalized spacial score (nSPS) is 22.5. The van der Waals surface area contributed by atoms with Crippen molar-refractivity contribution >= 4 is 46.9 Å². The summed E-state index contributed by atoms with van der Waals surface area (Å²) < 4.78 is 8.57. The van der Waals surface area contributed by atoms with Crippen LogP contribution >= 0.6 is 34.8 Å². The van der Waals surface area contributed by atoms with E-state index in [-0.39, 0.29) is 6.61 Å². The lowest BCUT2D eigenvalue weighted by Gasteiger charge is -2.39. The number of nitrogens with one attached hydrogen (secondary N) is 1. The van der Waals surface area contributed by atoms with E-state index in [4.69, 9.17) is 44.3 Å². The van der Waals surface area contributed by atoms with E-state index in [1.165, 1.54) is 0 Å². The molecule has 1 N–H and O–H groups in total. The average molecular weight is 421 g/mol. The van der Waals surface area contributed by atoms with Crippen molar-refractivity contribution in [2.45, 2.75) is 35.0 Å². The van der Waals surface area contributed by atoms with E-state index in [2.05, 4.69) is 5.32 Å². The minimum absolute atomic E-state index is 0.238. The second-order valence-electron chi connectivity index (χ2n) is 5.84. The quantitative estimate of drug-likeness (QED) is 0.438. The van der Waals surface area contributed by atoms with Gasteiger partial charge in [-0.05, 0) is 25.3 Å². The number of halogens is 3. The molecule has 1 aromatic rings. The van der Waals surface area contributed by atoms with E-state index >= 15 is 0 Å². The second kappa shape index (κ2) is 8.98. The molecule has 0 bridgehead atoms. The van der Waals surface area contributed by atoms with Gasteiger partial charge in [-0.1, -0.05) is 77.3 Å². The maximum Gasteiger partial charge on any atom is 0.407 e. The predicted octanol–water partition coefficient (Wildman–Crippen LogP) is 4.30. The monoisotopic (exact) mass is 419 g/mol. The number of benzene rings is 1. The highest BCUT2D eigenvalue weighted by Gasteiger charge is 2.49. The average Bonchev–Trinajstić information content (AvgIpc) is 2.61. The lowest BCUT2D eigenvalue weighted by Crippen LogP contribution is -2.56. The molecular weight excluding hydrogens is 401 g/mol. The molecule has 26 heavy (non-hydrogen) atoms. The molecule has 0 aromatic heterocycles. The van der Waals surface area contributed by atoms with Crippen molar-refractivity contribution in [2.24, 2.45) is 0 Å². The Kier molecular flexibility index (Phi) is 7.21. The molecule has 1 amide bonds. The highest BCUT2D eigenvalue weighted by Crippen LogP contribution is 2.38. The van der Waals surface area contributed by atoms with Crippen molar-refractivity contribution in [2.75, 3.05) is 13.2 Å². The van der Waals surface area contributed by atoms with Gasteiger partial charge in [-0.2, -0.15) is 0 Å². The van der Waals surface area contributed by atoms with E-state index in [1.807, 2.05) is 36.4 Å². The molecule has 0 spiro atoms. The molecule has 0 heterocycles. The summed E-state index contributed by atoms with van der Waals surface area (Å²) in [5.74, 6) is -0.401. The van der Waals surface area contributed by atoms with Gasteiger partial charge in [0.25, 0.3) is 0 Å². The van der Waals surface area contributed by atoms with Crippen LogP contribution in [0.2, 0.25) is 0 Å². The number of esters is 1. The van der Waals surface area contributed by atoms with Crippen molar-refractivity contribution in [1.29, 1.82) is 0 Å². The molecule has 5 nitrogen and oxygen atoms in total. The number of hydrogen-bond donors (Lipinski definition) is 1. The molecule has 0 radical (unpaired) electrons. The van der Waals surface area contributed by atoms with Gasteiger partial charge in [0.2, 0.25) is 3.79 Å². The van der Waals surface area contributed by atoms with Gasteiger partial charge < -0.3 is 14.8 Å². The van der Waals surface area contributed by atoms with Crippen LogP contribution in [-0.2, 0) is 19.7 Å². The van der Waals surface area contributed by atoms with Crippen LogP contribution in [0.25, 0.3) is 0 Å². The fraction of sp³-hybridized carbons (Fsp3) is 0.444. The van der Waals surface area contributed by atoms with Crippen molar-refractivity contribution in [3.05, 3.63) is 48.0 Å². The summed E-state index contributed by atoms with van der Waals surface area (Å²) in [6.07, 6.45) is 4.05. The molecule has 8 heteroatoms. The van der Waals surface area contributed by atoms with E-state index in [9.17, 15) is 9.59 Å². The second-order valence-corrected chi connectivity index (χ2v) is 8.35. The summed E-state index contributed by atoms with van der Waals surface area (Å²) in [4.78, 5) is 25.1. The van der Waals surface area contributed by atoms with Gasteiger partial charge >= 0.3 is 12.1 Å². The fourth-order valence-corrected chi connectivity index (χ4v) is 3.18. The largest absolute Gasteiger partial charge is 0.465 e. The van der Waals surface area contributed by atoms with Crippen LogP contribution in [0.4, 0.5) is 4.79 Å². The minimum Gasteiger partial charge on any atom is -0.465 e. The Morgan fingerprint density at radius 3 is 2.54 bits per heavy atom. The Morgan fingerprint density at radius 2 is 1.92 bits per heavy atom. The lowest BCUT2D eigenvalue weighted by atomic mass is 9.68. The van der Waals surface area contributed by atoms with Crippen molar-refractivity contribution in [3.63, 3.8) is 0 Å². The molecule has 0 fully saturated rings. The van der Waals surface area contributed by atoms with E-state index in [1.54, 1.807) is 13.0 Å². The van der Waals surface area contributed by atoms with Gasteiger partial charge in [0.05, 0.1) is 12.6 Å². The summed E-state index contributed by atoms with van der Waals surface area (Å²) in [5.41, 5.74) is -0.292. The summed E-state index contributed by atoms with van der Waals surface area (Å²) in [6.45, 7) is 1.58. The molecule has 2 atom stereocenters. The van der Waals surface area contributed by atoms with Crippen LogP contribution in [-0.4, -0.2) is 35.1 Å². The van der Waals surface area contributed by atoms with Crippen LogP contribution in [0.1, 0.15) is 25.3 Å². The van der Waals surface area contributed by atoms with E-state index in [0.29, 0.717) is 12.8 Å². The molecule has 1 aliphatic rings. The highest BCUT2D eigenvalue weighted by atomic mass is 35.6. The highest BCUT2D eigenvalue weighted by molar-refractivity contribution is 6.67. The minimum atomic E-state index is -1.71. The van der Waals surface area contributed by atoms with E-state index < -0.39 is 33.9 Å². The lowest BCUT2D eigenvalue weighted by molar-refractivity contribution is -0.151. The third-order valence-electron chi connectivity index (χ3n) is 4.13. The number of alkyl carbamates (subject to hydrolysis) is 1. The molecule has 0 saturated heterocycles. The fourth-order valence-electron chi connectivity index (χ4n) is 3.02. The number of amides is 1. The molecule has 0 aliphatic heterocycles. The zero-order chi connectivity index (χ0) is 19.2. The van der Waals surface area contributed by atoms with Crippen LogP contribution < -0.4 is 5.32 Å². The number of ether oxygens (including phenoxy) is 2. The number of carbonyl (C=O) groups excluding carboxylic acids is 2. The third-order valence-corrected chi connectivity index (χ3v) is 4.46. The SMILES string of the molecule is CCOC(=O)C1(c2ccccc2)CCC=CC1NC(=O)OCC(Cl)(Cl)Cl. The Balaban J connectivity index is 2.31. The summed E-state index contributed by atoms with van der Waals surface area (Å²) in [5, 5.41) is 2.70. The molecule has 2 rings (SSSR count). The number of allylic oxidation sites excluding steroid dienone is 1. The maximum absolute atomic E-state index is 12.9. The summed E-state index contributed by atoms with van der Waals surface area (Å²) in [7, 11) is 0. The zero-order valence-electron chi connectivity index (χ0n) is 14.2. The maximum atomic E-state index is 12.9. The summed E-state index contributed by atoms with van der Waals surface area (Å²) >= 11 is 16.8. The Bertz CT molecular complexity index is 660.